The van der Waals surface area contributed by atoms with E-state index in [1.165, 1.54) is 27.2 Å². The van der Waals surface area contributed by atoms with Crippen molar-refractivity contribution in [2.75, 3.05) is 26.5 Å². The molecule has 3 N–H and O–H groups in total. The molecule has 12 heteroatoms. The van der Waals surface area contributed by atoms with Crippen molar-refractivity contribution in [3.63, 3.8) is 0 Å². The summed E-state index contributed by atoms with van der Waals surface area (Å²) in [4.78, 5) is 61.7. The Labute approximate surface area is 270 Å². The van der Waals surface area contributed by atoms with Crippen molar-refractivity contribution in [1.29, 1.82) is 0 Å². The maximum Gasteiger partial charge on any atom is 0.419 e. The molecule has 0 bridgehead atoms. The first kappa shape index (κ1) is 37.3. The summed E-state index contributed by atoms with van der Waals surface area (Å²) in [7, 11) is 4.57. The molecule has 1 aromatic carbocycles. The third kappa shape index (κ3) is 11.6. The Bertz CT molecular complexity index is 1610. The molecule has 2 aromatic heterocycles. The number of hydrogen-bond acceptors (Lipinski definition) is 7. The number of nitrogens with zero attached hydrogens (tertiary/aromatic N) is 3. The number of primary amides is 1. The van der Waals surface area contributed by atoms with Gasteiger partial charge < -0.3 is 30.0 Å². The van der Waals surface area contributed by atoms with Gasteiger partial charge in [0.05, 0.1) is 24.9 Å². The number of nitrogens with two attached hydrogens (primary N) is 1. The highest BCUT2D eigenvalue weighted by Crippen LogP contribution is 2.27. The largest absolute Gasteiger partial charge is 0.453 e. The predicted molar refractivity (Wildman–Crippen MR) is 179 cm³/mol. The molecule has 250 valence electrons. The lowest BCUT2D eigenvalue weighted by Crippen LogP contribution is -2.30. The van der Waals surface area contributed by atoms with Crippen molar-refractivity contribution in [2.24, 2.45) is 11.7 Å². The molecule has 0 radical (unpaired) electrons. The van der Waals surface area contributed by atoms with E-state index in [2.05, 4.69) is 35.7 Å². The van der Waals surface area contributed by atoms with Crippen LogP contribution >= 0.6 is 0 Å². The fraction of sp³-hybridized carbons (Fsp3) is 0.441. The first-order valence-electron chi connectivity index (χ1n) is 15.1. The van der Waals surface area contributed by atoms with Crippen LogP contribution in [-0.2, 0) is 32.0 Å². The molecule has 0 aliphatic carbocycles. The van der Waals surface area contributed by atoms with Crippen LogP contribution in [0.4, 0.5) is 15.3 Å². The number of anilines is 1. The fourth-order valence-corrected chi connectivity index (χ4v) is 4.46. The van der Waals surface area contributed by atoms with E-state index in [0.29, 0.717) is 24.5 Å². The van der Waals surface area contributed by atoms with E-state index >= 15 is 0 Å². The van der Waals surface area contributed by atoms with Gasteiger partial charge in [0.15, 0.2) is 0 Å². The van der Waals surface area contributed by atoms with Crippen LogP contribution in [0.25, 0.3) is 10.9 Å². The number of hydrogen-bond donors (Lipinski definition) is 2. The maximum atomic E-state index is 13.4. The summed E-state index contributed by atoms with van der Waals surface area (Å²) in [6.45, 7) is 9.85. The van der Waals surface area contributed by atoms with Crippen molar-refractivity contribution in [3.05, 3.63) is 76.4 Å². The minimum Gasteiger partial charge on any atom is -0.453 e. The zero-order valence-corrected chi connectivity index (χ0v) is 28.1. The predicted octanol–water partition coefficient (Wildman–Crippen LogP) is 5.30. The lowest BCUT2D eigenvalue weighted by molar-refractivity contribution is -0.123. The van der Waals surface area contributed by atoms with Gasteiger partial charge in [-0.3, -0.25) is 14.4 Å². The molecule has 2 heterocycles. The molecule has 3 amide bonds. The molecular weight excluding hydrogens is 590 g/mol. The van der Waals surface area contributed by atoms with Gasteiger partial charge in [-0.05, 0) is 81.9 Å². The maximum absolute atomic E-state index is 13.4. The van der Waals surface area contributed by atoms with E-state index in [-0.39, 0.29) is 36.0 Å². The number of rotatable bonds is 10. The average molecular weight is 638 g/mol. The SMILES string of the molecule is CC(C)Cc1cccc2c1cc(Cn1cccc(NC(=O)CCC/C=C/C(=O)N(C)C)c1=O)n2C(=O)OC(C)(C)C.COC(N)=O. The molecule has 0 fully saturated rings. The molecule has 0 atom stereocenters. The summed E-state index contributed by atoms with van der Waals surface area (Å²) in [5.41, 5.74) is 5.98. The van der Waals surface area contributed by atoms with Gasteiger partial charge in [0.1, 0.15) is 11.3 Å². The third-order valence-corrected chi connectivity index (χ3v) is 6.52. The molecule has 0 aliphatic heterocycles. The van der Waals surface area contributed by atoms with Crippen molar-refractivity contribution < 1.29 is 28.7 Å². The normalized spacial score (nSPS) is 11.2. The minimum atomic E-state index is -0.745. The second-order valence-electron chi connectivity index (χ2n) is 12.4. The number of ether oxygens (including phenoxy) is 2. The summed E-state index contributed by atoms with van der Waals surface area (Å²) in [6, 6.07) is 11.1. The van der Waals surface area contributed by atoms with Crippen LogP contribution in [0.3, 0.4) is 0 Å². The molecule has 0 unspecified atom stereocenters. The molecule has 0 aliphatic rings. The van der Waals surface area contributed by atoms with E-state index in [9.17, 15) is 24.0 Å². The number of nitrogens with one attached hydrogen (secondary N) is 1. The number of benzene rings is 1. The molecule has 46 heavy (non-hydrogen) atoms. The van der Waals surface area contributed by atoms with Crippen LogP contribution in [0.15, 0.2) is 59.5 Å². The van der Waals surface area contributed by atoms with Crippen molar-refractivity contribution in [3.8, 4) is 0 Å². The number of fused-ring (bicyclic) bond motifs is 1. The van der Waals surface area contributed by atoms with Gasteiger partial charge in [-0.15, -0.1) is 0 Å². The second kappa shape index (κ2) is 17.0. The van der Waals surface area contributed by atoms with Gasteiger partial charge in [-0.2, -0.15) is 0 Å². The Morgan fingerprint density at radius 1 is 1.09 bits per heavy atom. The van der Waals surface area contributed by atoms with E-state index in [1.54, 1.807) is 38.5 Å². The van der Waals surface area contributed by atoms with E-state index in [4.69, 9.17) is 4.74 Å². The van der Waals surface area contributed by atoms with Crippen LogP contribution in [0.1, 0.15) is 65.1 Å². The van der Waals surface area contributed by atoms with E-state index in [0.717, 1.165) is 22.9 Å². The molecular formula is C34H47N5O7. The number of carbonyl (C=O) groups excluding carboxylic acids is 4. The monoisotopic (exact) mass is 637 g/mol. The highest BCUT2D eigenvalue weighted by Gasteiger charge is 2.23. The number of allylic oxidation sites excluding steroid dienone is 1. The average Bonchev–Trinajstić information content (AvgIpc) is 3.33. The highest BCUT2D eigenvalue weighted by molar-refractivity contribution is 5.93. The van der Waals surface area contributed by atoms with Crippen LogP contribution < -0.4 is 16.6 Å². The fourth-order valence-electron chi connectivity index (χ4n) is 4.46. The lowest BCUT2D eigenvalue weighted by Gasteiger charge is -2.21. The Morgan fingerprint density at radius 3 is 2.35 bits per heavy atom. The molecule has 0 saturated carbocycles. The Kier molecular flexibility index (Phi) is 13.8. The summed E-state index contributed by atoms with van der Waals surface area (Å²) in [5, 5.41) is 3.66. The van der Waals surface area contributed by atoms with E-state index < -0.39 is 17.8 Å². The Hall–Kier alpha value is -4.87. The molecule has 3 rings (SSSR count). The second-order valence-corrected chi connectivity index (χ2v) is 12.4. The summed E-state index contributed by atoms with van der Waals surface area (Å²) in [5.74, 6) is 0.0305. The van der Waals surface area contributed by atoms with Crippen molar-refractivity contribution >= 4 is 40.6 Å². The molecule has 0 spiro atoms. The number of pyridine rings is 1. The number of carbonyl (C=O) groups is 4. The summed E-state index contributed by atoms with van der Waals surface area (Å²) >= 11 is 0. The molecule has 0 saturated heterocycles. The first-order valence-corrected chi connectivity index (χ1v) is 15.1. The van der Waals surface area contributed by atoms with Gasteiger partial charge >= 0.3 is 12.2 Å². The molecule has 12 nitrogen and oxygen atoms in total. The minimum absolute atomic E-state index is 0.110. The lowest BCUT2D eigenvalue weighted by atomic mass is 10.00. The van der Waals surface area contributed by atoms with Crippen LogP contribution in [-0.4, -0.2) is 64.8 Å². The smallest absolute Gasteiger partial charge is 0.419 e. The van der Waals surface area contributed by atoms with Crippen LogP contribution in [0.2, 0.25) is 0 Å². The number of amides is 3. The van der Waals surface area contributed by atoms with Crippen LogP contribution in [0, 0.1) is 5.92 Å². The molecule has 3 aromatic rings. The van der Waals surface area contributed by atoms with Gasteiger partial charge in [0.25, 0.3) is 5.56 Å². The summed E-state index contributed by atoms with van der Waals surface area (Å²) < 4.78 is 12.6. The van der Waals surface area contributed by atoms with Gasteiger partial charge in [0, 0.05) is 32.1 Å². The number of unbranched alkanes of at least 4 members (excludes halogenated alkanes) is 1. The first-order chi connectivity index (χ1) is 21.5. The standard InChI is InChI=1S/C32H42N4O5.C2H5NO2/c1-22(2)19-23-13-11-15-27-25(23)20-24(36(27)31(40)41-32(3,4)5)21-35-18-12-14-26(30(35)39)33-28(37)16-9-8-10-17-29(38)34(6)7;1-5-2(3)4/h10-15,17-18,20,22H,8-9,16,19,21H2,1-7H3,(H,33,37);1H3,(H2,3,4)/b17-10+;. The highest BCUT2D eigenvalue weighted by atomic mass is 16.6. The Balaban J connectivity index is 0.00000136. The van der Waals surface area contributed by atoms with Crippen molar-refractivity contribution in [1.82, 2.24) is 14.0 Å². The third-order valence-electron chi connectivity index (χ3n) is 6.52. The Morgan fingerprint density at radius 2 is 1.76 bits per heavy atom. The topological polar surface area (TPSA) is 155 Å². The zero-order chi connectivity index (χ0) is 34.6. The van der Waals surface area contributed by atoms with Gasteiger partial charge in [0.2, 0.25) is 11.8 Å². The van der Waals surface area contributed by atoms with Crippen molar-refractivity contribution in [2.45, 2.75) is 72.4 Å². The number of aromatic nitrogens is 2. The van der Waals surface area contributed by atoms with Crippen LogP contribution in [0.5, 0.6) is 0 Å². The zero-order valence-electron chi connectivity index (χ0n) is 28.1. The number of likely N-dealkylation sites (N-methyl/N-ethyl adjacent to an activating group) is 1. The quantitative estimate of drug-likeness (QED) is 0.226. The van der Waals surface area contributed by atoms with Gasteiger partial charge in [-0.1, -0.05) is 32.1 Å². The summed E-state index contributed by atoms with van der Waals surface area (Å²) in [6.07, 6.45) is 5.76. The van der Waals surface area contributed by atoms with E-state index in [1.807, 2.05) is 39.0 Å². The van der Waals surface area contributed by atoms with Gasteiger partial charge in [-0.25, -0.2) is 14.2 Å². The number of methoxy groups -OCH3 is 1.